The third-order valence-corrected chi connectivity index (χ3v) is 5.78. The summed E-state index contributed by atoms with van der Waals surface area (Å²) in [6, 6.07) is 18.4. The van der Waals surface area contributed by atoms with Crippen LogP contribution in [-0.4, -0.2) is 35.7 Å². The van der Waals surface area contributed by atoms with Crippen LogP contribution in [0.4, 0.5) is 9.18 Å². The van der Waals surface area contributed by atoms with Crippen molar-refractivity contribution in [2.45, 2.75) is 18.9 Å². The molecule has 1 aliphatic carbocycles. The van der Waals surface area contributed by atoms with Crippen molar-refractivity contribution < 1.29 is 23.8 Å². The zero-order valence-electron chi connectivity index (χ0n) is 17.2. The summed E-state index contributed by atoms with van der Waals surface area (Å²) in [6.07, 6.45) is -0.780. The van der Waals surface area contributed by atoms with E-state index in [2.05, 4.69) is 0 Å². The number of hydrogen-bond acceptors (Lipinski definition) is 3. The van der Waals surface area contributed by atoms with Gasteiger partial charge >= 0.3 is 12.1 Å². The van der Waals surface area contributed by atoms with Crippen molar-refractivity contribution in [3.8, 4) is 11.1 Å². The minimum atomic E-state index is -1.36. The van der Waals surface area contributed by atoms with E-state index in [1.54, 1.807) is 6.92 Å². The van der Waals surface area contributed by atoms with Crippen molar-refractivity contribution >= 4 is 12.1 Å². The number of ether oxygens (including phenoxy) is 1. The molecule has 6 heteroatoms. The van der Waals surface area contributed by atoms with Crippen LogP contribution in [0.15, 0.2) is 66.7 Å². The van der Waals surface area contributed by atoms with Crippen molar-refractivity contribution in [3.63, 3.8) is 0 Å². The molecule has 0 aromatic heterocycles. The van der Waals surface area contributed by atoms with E-state index >= 15 is 0 Å². The minimum Gasteiger partial charge on any atom is -0.479 e. The number of carbonyl (C=O) groups excluding carboxylic acids is 1. The maximum atomic E-state index is 13.7. The highest BCUT2D eigenvalue weighted by molar-refractivity contribution is 5.82. The first-order valence-electron chi connectivity index (χ1n) is 9.95. The van der Waals surface area contributed by atoms with E-state index in [0.717, 1.165) is 33.2 Å². The zero-order valence-corrected chi connectivity index (χ0v) is 17.2. The molecule has 0 aliphatic heterocycles. The van der Waals surface area contributed by atoms with Gasteiger partial charge in [0.05, 0.1) is 0 Å². The Balaban J connectivity index is 1.56. The molecule has 5 nitrogen and oxygen atoms in total. The third-order valence-electron chi connectivity index (χ3n) is 5.78. The normalized spacial score (nSPS) is 13.3. The summed E-state index contributed by atoms with van der Waals surface area (Å²) in [4.78, 5) is 25.7. The molecule has 0 spiro atoms. The van der Waals surface area contributed by atoms with Gasteiger partial charge < -0.3 is 9.84 Å². The lowest BCUT2D eigenvalue weighted by Gasteiger charge is -2.26. The fourth-order valence-corrected chi connectivity index (χ4v) is 4.21. The topological polar surface area (TPSA) is 66.8 Å². The second-order valence-electron chi connectivity index (χ2n) is 7.66. The van der Waals surface area contributed by atoms with E-state index in [0.29, 0.717) is 5.56 Å². The van der Waals surface area contributed by atoms with Crippen LogP contribution in [0.25, 0.3) is 11.1 Å². The maximum Gasteiger partial charge on any atom is 0.410 e. The van der Waals surface area contributed by atoms with Crippen molar-refractivity contribution in [1.82, 2.24) is 4.90 Å². The van der Waals surface area contributed by atoms with Gasteiger partial charge in [0.1, 0.15) is 12.4 Å². The molecule has 0 radical (unpaired) electrons. The summed E-state index contributed by atoms with van der Waals surface area (Å²) >= 11 is 0. The first-order valence-corrected chi connectivity index (χ1v) is 9.95. The van der Waals surface area contributed by atoms with Crippen LogP contribution in [0, 0.1) is 12.7 Å². The first-order chi connectivity index (χ1) is 14.9. The monoisotopic (exact) mass is 419 g/mol. The standard InChI is InChI=1S/C25H22FNO4/c1-15-11-12-16(26)13-21(15)23(24(28)29)27(2)25(30)31-14-22-19-9-5-3-7-17(19)18-8-4-6-10-20(18)22/h3-13,22-23H,14H2,1-2H3,(H,28,29). The second-order valence-corrected chi connectivity index (χ2v) is 7.66. The van der Waals surface area contributed by atoms with Gasteiger partial charge in [-0.3, -0.25) is 4.90 Å². The fourth-order valence-electron chi connectivity index (χ4n) is 4.21. The maximum absolute atomic E-state index is 13.7. The predicted octanol–water partition coefficient (Wildman–Crippen LogP) is 5.14. The van der Waals surface area contributed by atoms with Gasteiger partial charge in [0.2, 0.25) is 0 Å². The molecule has 1 atom stereocenters. The number of hydrogen-bond donors (Lipinski definition) is 1. The van der Waals surface area contributed by atoms with Gasteiger partial charge in [-0.05, 0) is 52.4 Å². The number of aryl methyl sites for hydroxylation is 1. The number of carboxylic acid groups (broad SMARTS) is 1. The Morgan fingerprint density at radius 3 is 2.19 bits per heavy atom. The summed E-state index contributed by atoms with van der Waals surface area (Å²) in [5.41, 5.74) is 5.12. The Morgan fingerprint density at radius 1 is 1.03 bits per heavy atom. The second kappa shape index (κ2) is 8.22. The average Bonchev–Trinajstić information content (AvgIpc) is 3.08. The summed E-state index contributed by atoms with van der Waals surface area (Å²) < 4.78 is 19.3. The number of nitrogens with zero attached hydrogens (tertiary/aromatic N) is 1. The summed E-state index contributed by atoms with van der Waals surface area (Å²) in [6.45, 7) is 1.75. The van der Waals surface area contributed by atoms with E-state index in [-0.39, 0.29) is 18.1 Å². The number of carbonyl (C=O) groups is 2. The molecule has 1 unspecified atom stereocenters. The third kappa shape index (κ3) is 3.77. The van der Waals surface area contributed by atoms with E-state index in [1.165, 1.54) is 19.2 Å². The molecule has 1 aliphatic rings. The van der Waals surface area contributed by atoms with E-state index in [1.807, 2.05) is 48.5 Å². The van der Waals surface area contributed by atoms with E-state index in [9.17, 15) is 19.1 Å². The summed E-state index contributed by atoms with van der Waals surface area (Å²) in [5, 5.41) is 9.73. The molecule has 0 saturated carbocycles. The largest absolute Gasteiger partial charge is 0.479 e. The molecule has 0 bridgehead atoms. The van der Waals surface area contributed by atoms with Gasteiger partial charge in [-0.2, -0.15) is 0 Å². The van der Waals surface area contributed by atoms with Crippen LogP contribution in [0.2, 0.25) is 0 Å². The summed E-state index contributed by atoms with van der Waals surface area (Å²) in [7, 11) is 1.35. The Kier molecular flexibility index (Phi) is 5.46. The van der Waals surface area contributed by atoms with Crippen molar-refractivity contribution in [1.29, 1.82) is 0 Å². The highest BCUT2D eigenvalue weighted by Gasteiger charge is 2.33. The van der Waals surface area contributed by atoms with Crippen molar-refractivity contribution in [3.05, 3.63) is 94.8 Å². The number of carboxylic acids is 1. The molecule has 3 aromatic carbocycles. The smallest absolute Gasteiger partial charge is 0.410 e. The molecule has 1 amide bonds. The van der Waals surface area contributed by atoms with Crippen LogP contribution in [0.1, 0.15) is 34.2 Å². The Bertz CT molecular complexity index is 1110. The van der Waals surface area contributed by atoms with Gasteiger partial charge in [0.15, 0.2) is 6.04 Å². The Labute approximate surface area is 179 Å². The van der Waals surface area contributed by atoms with Crippen LogP contribution in [0.5, 0.6) is 0 Å². The summed E-state index contributed by atoms with van der Waals surface area (Å²) in [5.74, 6) is -1.96. The highest BCUT2D eigenvalue weighted by Crippen LogP contribution is 2.44. The molecular weight excluding hydrogens is 397 g/mol. The SMILES string of the molecule is Cc1ccc(F)cc1C(C(=O)O)N(C)C(=O)OCC1c2ccccc2-c2ccccc21. The van der Waals surface area contributed by atoms with E-state index < -0.39 is 23.9 Å². The number of likely N-dealkylation sites (N-methyl/N-ethyl adjacent to an activating group) is 1. The van der Waals surface area contributed by atoms with Crippen molar-refractivity contribution in [2.24, 2.45) is 0 Å². The predicted molar refractivity (Wildman–Crippen MR) is 114 cm³/mol. The molecule has 1 N–H and O–H groups in total. The molecule has 0 fully saturated rings. The van der Waals surface area contributed by atoms with E-state index in [4.69, 9.17) is 4.74 Å². The lowest BCUT2D eigenvalue weighted by Crippen LogP contribution is -2.37. The molecule has 158 valence electrons. The first kappa shape index (κ1) is 20.6. The van der Waals surface area contributed by atoms with Crippen molar-refractivity contribution in [2.75, 3.05) is 13.7 Å². The number of amides is 1. The molecular formula is C25H22FNO4. The lowest BCUT2D eigenvalue weighted by atomic mass is 9.98. The Hall–Kier alpha value is -3.67. The molecule has 3 aromatic rings. The van der Waals surface area contributed by atoms with Gasteiger partial charge in [-0.25, -0.2) is 14.0 Å². The van der Waals surface area contributed by atoms with Gasteiger partial charge in [-0.1, -0.05) is 54.6 Å². The lowest BCUT2D eigenvalue weighted by molar-refractivity contribution is -0.142. The molecule has 0 saturated heterocycles. The van der Waals surface area contributed by atoms with Crippen LogP contribution >= 0.6 is 0 Å². The molecule has 4 rings (SSSR count). The van der Waals surface area contributed by atoms with Crippen LogP contribution in [0.3, 0.4) is 0 Å². The number of aliphatic carboxylic acids is 1. The number of rotatable bonds is 5. The highest BCUT2D eigenvalue weighted by atomic mass is 19.1. The Morgan fingerprint density at radius 2 is 1.61 bits per heavy atom. The van der Waals surface area contributed by atoms with Gasteiger partial charge in [0, 0.05) is 13.0 Å². The van der Waals surface area contributed by atoms with Crippen LogP contribution < -0.4 is 0 Å². The van der Waals surface area contributed by atoms with Gasteiger partial charge in [-0.15, -0.1) is 0 Å². The quantitative estimate of drug-likeness (QED) is 0.622. The molecule has 0 heterocycles. The number of fused-ring (bicyclic) bond motifs is 3. The molecule has 31 heavy (non-hydrogen) atoms. The zero-order chi connectivity index (χ0) is 22.1. The van der Waals surface area contributed by atoms with Crippen LogP contribution in [-0.2, 0) is 9.53 Å². The minimum absolute atomic E-state index is 0.0751. The average molecular weight is 419 g/mol. The number of benzene rings is 3. The van der Waals surface area contributed by atoms with Gasteiger partial charge in [0.25, 0.3) is 0 Å². The number of halogens is 1. The fraction of sp³-hybridized carbons (Fsp3) is 0.200.